The number of piperidine rings is 1. The molecule has 8 heteroatoms. The Bertz CT molecular complexity index is 723. The molecule has 1 aliphatic rings. The smallest absolute Gasteiger partial charge is 0.410 e. The van der Waals surface area contributed by atoms with Gasteiger partial charge in [0.25, 0.3) is 0 Å². The molecule has 1 aliphatic heterocycles. The molecule has 148 valence electrons. The number of likely N-dealkylation sites (tertiary alicyclic amines) is 1. The van der Waals surface area contributed by atoms with Crippen molar-refractivity contribution < 1.29 is 27.9 Å². The maximum Gasteiger partial charge on any atom is 0.410 e. The van der Waals surface area contributed by atoms with Crippen LogP contribution in [0.15, 0.2) is 18.2 Å². The fraction of sp³-hybridized carbons (Fsp3) is 0.526. The Kier molecular flexibility index (Phi) is 6.51. The summed E-state index contributed by atoms with van der Waals surface area (Å²) < 4.78 is 31.4. The van der Waals surface area contributed by atoms with E-state index < -0.39 is 29.1 Å². The van der Waals surface area contributed by atoms with Crippen LogP contribution in [0.3, 0.4) is 0 Å². The highest BCUT2D eigenvalue weighted by Crippen LogP contribution is 2.20. The van der Waals surface area contributed by atoms with Crippen molar-refractivity contribution in [3.8, 4) is 0 Å². The number of carbonyl (C=O) groups excluding carboxylic acids is 3. The molecular weight excluding hydrogens is 358 g/mol. The van der Waals surface area contributed by atoms with E-state index >= 15 is 0 Å². The normalized spacial score (nSPS) is 15.4. The van der Waals surface area contributed by atoms with Crippen molar-refractivity contribution >= 4 is 17.8 Å². The van der Waals surface area contributed by atoms with Gasteiger partial charge in [-0.3, -0.25) is 9.59 Å². The first-order valence-corrected chi connectivity index (χ1v) is 8.80. The van der Waals surface area contributed by atoms with Gasteiger partial charge >= 0.3 is 6.09 Å². The van der Waals surface area contributed by atoms with E-state index in [4.69, 9.17) is 4.74 Å². The summed E-state index contributed by atoms with van der Waals surface area (Å²) >= 11 is 0. The SMILES string of the molecule is CC(C)(C)OC(=O)N1CCC(C(=O)NCC(=O)c2ccc(F)c(F)c2)CC1. The molecule has 1 fully saturated rings. The lowest BCUT2D eigenvalue weighted by molar-refractivity contribution is -0.126. The van der Waals surface area contributed by atoms with Crippen molar-refractivity contribution in [3.63, 3.8) is 0 Å². The van der Waals surface area contributed by atoms with Crippen LogP contribution in [0.2, 0.25) is 0 Å². The van der Waals surface area contributed by atoms with Crippen LogP contribution in [-0.4, -0.2) is 47.9 Å². The molecule has 0 aromatic heterocycles. The summed E-state index contributed by atoms with van der Waals surface area (Å²) in [5.74, 6) is -3.27. The lowest BCUT2D eigenvalue weighted by atomic mass is 9.96. The summed E-state index contributed by atoms with van der Waals surface area (Å²) in [5, 5.41) is 2.53. The molecule has 0 atom stereocenters. The quantitative estimate of drug-likeness (QED) is 0.813. The molecule has 1 saturated heterocycles. The third kappa shape index (κ3) is 6.01. The van der Waals surface area contributed by atoms with Gasteiger partial charge in [-0.15, -0.1) is 0 Å². The molecule has 0 spiro atoms. The van der Waals surface area contributed by atoms with E-state index in [-0.39, 0.29) is 23.9 Å². The fourth-order valence-corrected chi connectivity index (χ4v) is 2.73. The molecule has 0 saturated carbocycles. The number of ether oxygens (including phenoxy) is 1. The van der Waals surface area contributed by atoms with Crippen molar-refractivity contribution in [1.29, 1.82) is 0 Å². The fourth-order valence-electron chi connectivity index (χ4n) is 2.73. The average molecular weight is 382 g/mol. The van der Waals surface area contributed by atoms with Crippen LogP contribution in [0, 0.1) is 17.6 Å². The Labute approximate surface area is 156 Å². The lowest BCUT2D eigenvalue weighted by Gasteiger charge is -2.32. The van der Waals surface area contributed by atoms with Crippen molar-refractivity contribution in [2.45, 2.75) is 39.2 Å². The number of carbonyl (C=O) groups is 3. The van der Waals surface area contributed by atoms with Crippen LogP contribution < -0.4 is 5.32 Å². The van der Waals surface area contributed by atoms with Gasteiger partial charge in [-0.2, -0.15) is 0 Å². The van der Waals surface area contributed by atoms with Crippen LogP contribution in [0.4, 0.5) is 13.6 Å². The Morgan fingerprint density at radius 3 is 2.33 bits per heavy atom. The van der Waals surface area contributed by atoms with Gasteiger partial charge in [-0.05, 0) is 51.8 Å². The zero-order chi connectivity index (χ0) is 20.2. The van der Waals surface area contributed by atoms with Gasteiger partial charge in [0, 0.05) is 24.6 Å². The second-order valence-electron chi connectivity index (χ2n) is 7.51. The Morgan fingerprint density at radius 2 is 1.78 bits per heavy atom. The van der Waals surface area contributed by atoms with Crippen molar-refractivity contribution in [1.82, 2.24) is 10.2 Å². The molecule has 2 amide bonds. The molecule has 0 radical (unpaired) electrons. The molecule has 2 rings (SSSR count). The molecule has 0 bridgehead atoms. The summed E-state index contributed by atoms with van der Waals surface area (Å²) in [6.45, 7) is 5.85. The monoisotopic (exact) mass is 382 g/mol. The molecule has 0 aliphatic carbocycles. The summed E-state index contributed by atoms with van der Waals surface area (Å²) in [6, 6.07) is 2.85. The third-order valence-electron chi connectivity index (χ3n) is 4.18. The number of nitrogens with zero attached hydrogens (tertiary/aromatic N) is 1. The predicted octanol–water partition coefficient (Wildman–Crippen LogP) is 2.91. The number of nitrogens with one attached hydrogen (secondary N) is 1. The topological polar surface area (TPSA) is 75.7 Å². The second kappa shape index (κ2) is 8.45. The van der Waals surface area contributed by atoms with E-state index in [1.165, 1.54) is 6.07 Å². The van der Waals surface area contributed by atoms with E-state index in [1.807, 2.05) is 0 Å². The standard InChI is InChI=1S/C19H24F2N2O4/c1-19(2,3)27-18(26)23-8-6-12(7-9-23)17(25)22-11-16(24)13-4-5-14(20)15(21)10-13/h4-5,10,12H,6-9,11H2,1-3H3,(H,22,25). The van der Waals surface area contributed by atoms with Crippen molar-refractivity contribution in [3.05, 3.63) is 35.4 Å². The van der Waals surface area contributed by atoms with Gasteiger partial charge in [0.15, 0.2) is 17.4 Å². The minimum Gasteiger partial charge on any atom is -0.444 e. The van der Waals surface area contributed by atoms with Crippen LogP contribution in [-0.2, 0) is 9.53 Å². The molecule has 1 aromatic rings. The first-order chi connectivity index (χ1) is 12.6. The van der Waals surface area contributed by atoms with Gasteiger partial charge in [0.05, 0.1) is 6.54 Å². The van der Waals surface area contributed by atoms with Gasteiger partial charge in [0.1, 0.15) is 5.60 Å². The van der Waals surface area contributed by atoms with E-state index in [2.05, 4.69) is 5.32 Å². The largest absolute Gasteiger partial charge is 0.444 e. The highest BCUT2D eigenvalue weighted by Gasteiger charge is 2.30. The van der Waals surface area contributed by atoms with Crippen molar-refractivity contribution in [2.24, 2.45) is 5.92 Å². The van der Waals surface area contributed by atoms with E-state index in [0.29, 0.717) is 25.9 Å². The van der Waals surface area contributed by atoms with Crippen LogP contribution >= 0.6 is 0 Å². The first-order valence-electron chi connectivity index (χ1n) is 8.80. The maximum absolute atomic E-state index is 13.2. The zero-order valence-corrected chi connectivity index (χ0v) is 15.7. The summed E-state index contributed by atoms with van der Waals surface area (Å²) in [5.41, 5.74) is -0.583. The van der Waals surface area contributed by atoms with Crippen LogP contribution in [0.5, 0.6) is 0 Å². The molecule has 1 N–H and O–H groups in total. The molecule has 27 heavy (non-hydrogen) atoms. The number of halogens is 2. The van der Waals surface area contributed by atoms with E-state index in [0.717, 1.165) is 12.1 Å². The minimum absolute atomic E-state index is 0.00561. The Morgan fingerprint density at radius 1 is 1.15 bits per heavy atom. The summed E-state index contributed by atoms with van der Waals surface area (Å²) in [4.78, 5) is 37.8. The number of Topliss-reactive ketones (excluding diaryl/α,β-unsaturated/α-hetero) is 1. The lowest BCUT2D eigenvalue weighted by Crippen LogP contribution is -2.45. The van der Waals surface area contributed by atoms with E-state index in [9.17, 15) is 23.2 Å². The number of ketones is 1. The number of hydrogen-bond acceptors (Lipinski definition) is 4. The summed E-state index contributed by atoms with van der Waals surface area (Å²) in [6.07, 6.45) is 0.518. The number of hydrogen-bond donors (Lipinski definition) is 1. The minimum atomic E-state index is -1.11. The number of benzene rings is 1. The first kappa shape index (κ1) is 20.8. The van der Waals surface area contributed by atoms with Gasteiger partial charge < -0.3 is 15.0 Å². The molecule has 1 aromatic carbocycles. The Hall–Kier alpha value is -2.51. The highest BCUT2D eigenvalue weighted by atomic mass is 19.2. The van der Waals surface area contributed by atoms with Crippen molar-refractivity contribution in [2.75, 3.05) is 19.6 Å². The molecular formula is C19H24F2N2O4. The van der Waals surface area contributed by atoms with Gasteiger partial charge in [-0.1, -0.05) is 0 Å². The average Bonchev–Trinajstić information content (AvgIpc) is 2.60. The third-order valence-corrected chi connectivity index (χ3v) is 4.18. The van der Waals surface area contributed by atoms with E-state index in [1.54, 1.807) is 25.7 Å². The van der Waals surface area contributed by atoms with Crippen LogP contribution in [0.25, 0.3) is 0 Å². The zero-order valence-electron chi connectivity index (χ0n) is 15.7. The Balaban J connectivity index is 1.80. The van der Waals surface area contributed by atoms with Gasteiger partial charge in [0.2, 0.25) is 5.91 Å². The summed E-state index contributed by atoms with van der Waals surface area (Å²) in [7, 11) is 0. The van der Waals surface area contributed by atoms with Crippen LogP contribution in [0.1, 0.15) is 44.0 Å². The molecule has 6 nitrogen and oxygen atoms in total. The second-order valence-corrected chi connectivity index (χ2v) is 7.51. The van der Waals surface area contributed by atoms with Gasteiger partial charge in [-0.25, -0.2) is 13.6 Å². The highest BCUT2D eigenvalue weighted by molar-refractivity contribution is 5.99. The molecule has 1 heterocycles. The number of amides is 2. The number of rotatable bonds is 4. The maximum atomic E-state index is 13.2. The molecule has 0 unspecified atom stereocenters. The predicted molar refractivity (Wildman–Crippen MR) is 94.2 cm³/mol.